The van der Waals surface area contributed by atoms with Crippen LogP contribution < -0.4 is 16.0 Å². The zero-order valence-corrected chi connectivity index (χ0v) is 36.1. The molecule has 0 spiro atoms. The van der Waals surface area contributed by atoms with Crippen molar-refractivity contribution in [3.63, 3.8) is 0 Å². The summed E-state index contributed by atoms with van der Waals surface area (Å²) in [5.74, 6) is 0.963. The molecule has 2 aliphatic carbocycles. The van der Waals surface area contributed by atoms with Crippen molar-refractivity contribution in [1.82, 2.24) is 45.8 Å². The first-order chi connectivity index (χ1) is 30.8. The van der Waals surface area contributed by atoms with E-state index in [0.717, 1.165) is 102 Å². The molecule has 63 heavy (non-hydrogen) atoms. The normalized spacial score (nSPS) is 15.9. The number of fused-ring (bicyclic) bond motifs is 2. The second-order valence-corrected chi connectivity index (χ2v) is 15.3. The topological polar surface area (TPSA) is 196 Å². The molecule has 15 nitrogen and oxygen atoms in total. The number of imidazole rings is 2. The maximum Gasteiger partial charge on any atom is 0.407 e. The molecule has 330 valence electrons. The van der Waals surface area contributed by atoms with Gasteiger partial charge in [-0.05, 0) is 75.3 Å². The van der Waals surface area contributed by atoms with Gasteiger partial charge in [0.1, 0.15) is 17.7 Å². The molecule has 1 saturated heterocycles. The van der Waals surface area contributed by atoms with E-state index in [4.69, 9.17) is 14.7 Å². The zero-order chi connectivity index (χ0) is 44.4. The van der Waals surface area contributed by atoms with Gasteiger partial charge in [-0.1, -0.05) is 66.8 Å². The molecule has 4 heterocycles. The summed E-state index contributed by atoms with van der Waals surface area (Å²) >= 11 is 0. The molecule has 5 N–H and O–H groups in total. The van der Waals surface area contributed by atoms with Crippen LogP contribution in [0.3, 0.4) is 0 Å². The van der Waals surface area contributed by atoms with Gasteiger partial charge in [-0.25, -0.2) is 19.7 Å². The Balaban J connectivity index is 0.000000661. The van der Waals surface area contributed by atoms with Crippen LogP contribution >= 0.6 is 0 Å². The van der Waals surface area contributed by atoms with E-state index in [0.29, 0.717) is 25.3 Å². The van der Waals surface area contributed by atoms with Gasteiger partial charge in [0.25, 0.3) is 0 Å². The summed E-state index contributed by atoms with van der Waals surface area (Å²) in [6.07, 6.45) is 25.4. The first kappa shape index (κ1) is 45.7. The summed E-state index contributed by atoms with van der Waals surface area (Å²) in [5, 5.41) is 8.89. The summed E-state index contributed by atoms with van der Waals surface area (Å²) in [4.78, 5) is 71.2. The minimum Gasteiger partial charge on any atom is -0.453 e. The van der Waals surface area contributed by atoms with Crippen LogP contribution in [0.25, 0.3) is 44.5 Å². The fraction of sp³-hybridized carbons (Fsp3) is 0.354. The van der Waals surface area contributed by atoms with Gasteiger partial charge in [0, 0.05) is 56.2 Å². The number of pyridine rings is 1. The number of aromatic nitrogens is 5. The van der Waals surface area contributed by atoms with Gasteiger partial charge < -0.3 is 40.3 Å². The third-order valence-electron chi connectivity index (χ3n) is 10.8. The van der Waals surface area contributed by atoms with Gasteiger partial charge in [-0.15, -0.1) is 0 Å². The minimum atomic E-state index is -0.781. The van der Waals surface area contributed by atoms with Gasteiger partial charge in [0.15, 0.2) is 0 Å². The quantitative estimate of drug-likeness (QED) is 0.0443. The molecule has 0 radical (unpaired) electrons. The van der Waals surface area contributed by atoms with Crippen molar-refractivity contribution >= 4 is 46.3 Å². The Kier molecular flexibility index (Phi) is 16.9. The third-order valence-corrected chi connectivity index (χ3v) is 10.8. The fourth-order valence-electron chi connectivity index (χ4n) is 7.66. The number of rotatable bonds is 14. The predicted octanol–water partition coefficient (Wildman–Crippen LogP) is 7.03. The van der Waals surface area contributed by atoms with Crippen LogP contribution in [-0.2, 0) is 30.3 Å². The van der Waals surface area contributed by atoms with Crippen molar-refractivity contribution < 1.29 is 28.7 Å². The standard InChI is InChI=1S/C40H43N9O5.C6H8.C2H6O/c1-54-40(53)48-37(25-8-3-2-4-9-25)39(52)49-19-7-10-34(49)38-46-31-17-14-28(21-32(31)47-38)30-15-12-26-20-27(13-16-29(26)44-30)33-22-43-35(45-33)11-5-6-18-42-36(51)23-41-24-50;1-2-4-6-5-3-1;1-3-2/h3-4,8-9,12-17,20-22,24-25,34,37H,2,5-7,10-11,18-19,23H2,1H3,(H,41,50)(H,42,51)(H,43,45)(H,46,47)(H,48,53);1-2,5-6H,3-4H2;1-2H3. The smallest absolute Gasteiger partial charge is 0.407 e. The third kappa shape index (κ3) is 12.6. The number of unbranched alkanes of at least 4 members (excludes halogenated alkanes) is 1. The average molecular weight is 856 g/mol. The Morgan fingerprint density at radius 3 is 2.33 bits per heavy atom. The average Bonchev–Trinajstić information content (AvgIpc) is 4.11. The summed E-state index contributed by atoms with van der Waals surface area (Å²) in [6, 6.07) is 15.2. The number of aryl methyl sites for hydroxylation is 1. The van der Waals surface area contributed by atoms with Gasteiger partial charge in [0.2, 0.25) is 18.2 Å². The highest BCUT2D eigenvalue weighted by atomic mass is 16.5. The molecular formula is C48H57N9O6. The molecule has 5 aromatic rings. The Morgan fingerprint density at radius 2 is 1.60 bits per heavy atom. The first-order valence-corrected chi connectivity index (χ1v) is 21.4. The molecule has 4 amide bonds. The summed E-state index contributed by atoms with van der Waals surface area (Å²) < 4.78 is 9.10. The lowest BCUT2D eigenvalue weighted by atomic mass is 9.93. The number of nitrogens with one attached hydrogen (secondary N) is 5. The molecule has 3 aliphatic rings. The molecule has 15 heteroatoms. The summed E-state index contributed by atoms with van der Waals surface area (Å²) in [5.41, 5.74) is 6.22. The van der Waals surface area contributed by atoms with E-state index in [-0.39, 0.29) is 30.3 Å². The molecule has 0 saturated carbocycles. The van der Waals surface area contributed by atoms with Crippen LogP contribution in [-0.4, -0.2) is 101 Å². The molecular weight excluding hydrogens is 799 g/mol. The zero-order valence-electron chi connectivity index (χ0n) is 36.1. The molecule has 3 aromatic heterocycles. The number of hydrogen-bond acceptors (Lipinski definition) is 9. The highest BCUT2D eigenvalue weighted by molar-refractivity contribution is 5.89. The summed E-state index contributed by atoms with van der Waals surface area (Å²) in [6.45, 7) is 1.10. The van der Waals surface area contributed by atoms with E-state index < -0.39 is 12.1 Å². The SMILES string of the molecule is C1=CCC=CC1.COC.COC(=O)NC(C(=O)N1CCCC1c1nc2ccc(-c3ccc4cc(-c5cnc(CCCCNC(=O)CNC=O)[nH]5)ccc4n3)cc2[nH]1)C1C=CCC=C1. The molecule has 8 rings (SSSR count). The van der Waals surface area contributed by atoms with Crippen LogP contribution in [0.1, 0.15) is 62.6 Å². The van der Waals surface area contributed by atoms with E-state index in [2.05, 4.69) is 72.1 Å². The van der Waals surface area contributed by atoms with Crippen molar-refractivity contribution in [3.05, 3.63) is 115 Å². The number of alkyl carbamates (subject to hydrolysis) is 1. The van der Waals surface area contributed by atoms with Crippen LogP contribution in [0.15, 0.2) is 103 Å². The Labute approximate surface area is 367 Å². The number of benzene rings is 2. The lowest BCUT2D eigenvalue weighted by Crippen LogP contribution is -2.51. The lowest BCUT2D eigenvalue weighted by molar-refractivity contribution is -0.135. The number of carbonyl (C=O) groups is 4. The van der Waals surface area contributed by atoms with E-state index in [1.165, 1.54) is 7.11 Å². The molecule has 2 aromatic carbocycles. The minimum absolute atomic E-state index is 0.0144. The van der Waals surface area contributed by atoms with Gasteiger partial charge in [-0.3, -0.25) is 14.4 Å². The van der Waals surface area contributed by atoms with Crippen LogP contribution in [0, 0.1) is 5.92 Å². The first-order valence-electron chi connectivity index (χ1n) is 21.4. The number of allylic oxidation sites excluding steroid dienone is 6. The predicted molar refractivity (Wildman–Crippen MR) is 244 cm³/mol. The van der Waals surface area contributed by atoms with E-state index >= 15 is 0 Å². The van der Waals surface area contributed by atoms with Gasteiger partial charge in [-0.2, -0.15) is 0 Å². The summed E-state index contributed by atoms with van der Waals surface area (Å²) in [7, 11) is 4.55. The number of methoxy groups -OCH3 is 2. The maximum absolute atomic E-state index is 14.0. The van der Waals surface area contributed by atoms with Crippen molar-refractivity contribution in [2.24, 2.45) is 5.92 Å². The number of ether oxygens (including phenoxy) is 2. The molecule has 0 bridgehead atoms. The Morgan fingerprint density at radius 1 is 0.873 bits per heavy atom. The number of likely N-dealkylation sites (tertiary alicyclic amines) is 1. The largest absolute Gasteiger partial charge is 0.453 e. The highest BCUT2D eigenvalue weighted by Crippen LogP contribution is 2.34. The Hall–Kier alpha value is -6.87. The van der Waals surface area contributed by atoms with Crippen molar-refractivity contribution in [3.8, 4) is 22.5 Å². The highest BCUT2D eigenvalue weighted by Gasteiger charge is 2.38. The second kappa shape index (κ2) is 23.4. The van der Waals surface area contributed by atoms with Gasteiger partial charge in [0.05, 0.1) is 53.8 Å². The number of H-pyrrole nitrogens is 2. The van der Waals surface area contributed by atoms with E-state index in [1.807, 2.05) is 71.8 Å². The van der Waals surface area contributed by atoms with Crippen LogP contribution in [0.5, 0.6) is 0 Å². The van der Waals surface area contributed by atoms with E-state index in [9.17, 15) is 19.2 Å². The fourth-order valence-corrected chi connectivity index (χ4v) is 7.66. The monoisotopic (exact) mass is 855 g/mol. The van der Waals surface area contributed by atoms with Crippen molar-refractivity contribution in [1.29, 1.82) is 0 Å². The lowest BCUT2D eigenvalue weighted by Gasteiger charge is -2.31. The number of carbonyl (C=O) groups excluding carboxylic acids is 4. The van der Waals surface area contributed by atoms with Crippen LogP contribution in [0.4, 0.5) is 4.79 Å². The molecule has 1 fully saturated rings. The molecule has 2 atom stereocenters. The Bertz CT molecular complexity index is 2420. The number of aromatic amines is 2. The molecule has 1 aliphatic heterocycles. The van der Waals surface area contributed by atoms with Crippen molar-refractivity contribution in [2.75, 3.05) is 41.0 Å². The van der Waals surface area contributed by atoms with Gasteiger partial charge >= 0.3 is 6.09 Å². The van der Waals surface area contributed by atoms with Crippen LogP contribution in [0.2, 0.25) is 0 Å². The maximum atomic E-state index is 14.0. The van der Waals surface area contributed by atoms with E-state index in [1.54, 1.807) is 14.2 Å². The second-order valence-electron chi connectivity index (χ2n) is 15.3. The van der Waals surface area contributed by atoms with Crippen molar-refractivity contribution in [2.45, 2.75) is 63.5 Å². The number of amides is 4. The number of nitrogens with zero attached hydrogens (tertiary/aromatic N) is 4. The molecule has 2 unspecified atom stereocenters. The number of hydrogen-bond donors (Lipinski definition) is 5.